The molecule has 0 amide bonds. The van der Waals surface area contributed by atoms with Crippen LogP contribution in [0.25, 0.3) is 16.8 Å². The monoisotopic (exact) mass is 241 g/mol. The summed E-state index contributed by atoms with van der Waals surface area (Å²) in [6, 6.07) is 10.3. The van der Waals surface area contributed by atoms with E-state index in [-0.39, 0.29) is 5.56 Å². The average molecular weight is 241 g/mol. The van der Waals surface area contributed by atoms with Gasteiger partial charge in [-0.25, -0.2) is 4.79 Å². The molecule has 2 aromatic carbocycles. The highest BCUT2D eigenvalue weighted by atomic mass is 16.4. The van der Waals surface area contributed by atoms with Crippen molar-refractivity contribution in [1.82, 2.24) is 0 Å². The highest BCUT2D eigenvalue weighted by molar-refractivity contribution is 5.99. The Kier molecular flexibility index (Phi) is 3.10. The van der Waals surface area contributed by atoms with Crippen LogP contribution in [0.4, 0.5) is 0 Å². The third-order valence-corrected chi connectivity index (χ3v) is 2.54. The van der Waals surface area contributed by atoms with E-state index in [1.54, 1.807) is 18.2 Å². The molecule has 0 unspecified atom stereocenters. The Hall–Kier alpha value is -2.62. The molecular weight excluding hydrogens is 232 g/mol. The molecule has 2 aromatic rings. The van der Waals surface area contributed by atoms with E-state index in [0.29, 0.717) is 5.56 Å². The van der Waals surface area contributed by atoms with Crippen molar-refractivity contribution in [3.8, 4) is 0 Å². The van der Waals surface area contributed by atoms with Crippen molar-refractivity contribution < 1.29 is 19.8 Å². The minimum Gasteiger partial charge on any atom is -0.545 e. The summed E-state index contributed by atoms with van der Waals surface area (Å²) in [6.07, 6.45) is 2.15. The van der Waals surface area contributed by atoms with Gasteiger partial charge in [-0.05, 0) is 34.5 Å². The summed E-state index contributed by atoms with van der Waals surface area (Å²) in [4.78, 5) is 21.5. The maximum Gasteiger partial charge on any atom is 0.328 e. The molecule has 90 valence electrons. The molecule has 0 radical (unpaired) electrons. The fourth-order valence-corrected chi connectivity index (χ4v) is 1.73. The fourth-order valence-electron chi connectivity index (χ4n) is 1.73. The maximum atomic E-state index is 11.0. The van der Waals surface area contributed by atoms with Gasteiger partial charge in [-0.2, -0.15) is 0 Å². The third kappa shape index (κ3) is 2.38. The van der Waals surface area contributed by atoms with Gasteiger partial charge in [-0.15, -0.1) is 0 Å². The zero-order valence-electron chi connectivity index (χ0n) is 9.29. The van der Waals surface area contributed by atoms with E-state index in [1.165, 1.54) is 12.1 Å². The molecule has 0 bridgehead atoms. The van der Waals surface area contributed by atoms with Gasteiger partial charge < -0.3 is 15.0 Å². The lowest BCUT2D eigenvalue weighted by Gasteiger charge is -2.09. The van der Waals surface area contributed by atoms with Gasteiger partial charge in [0.05, 0.1) is 5.97 Å². The number of carboxylic acids is 2. The van der Waals surface area contributed by atoms with Gasteiger partial charge in [-0.1, -0.05) is 24.3 Å². The van der Waals surface area contributed by atoms with Crippen LogP contribution in [0.5, 0.6) is 0 Å². The first kappa shape index (κ1) is 11.9. The molecule has 0 aromatic heterocycles. The van der Waals surface area contributed by atoms with E-state index in [4.69, 9.17) is 5.11 Å². The van der Waals surface area contributed by atoms with Gasteiger partial charge in [0.1, 0.15) is 0 Å². The second-order valence-corrected chi connectivity index (χ2v) is 3.75. The molecule has 0 aliphatic heterocycles. The molecular formula is C14H9O4-. The van der Waals surface area contributed by atoms with E-state index in [1.807, 2.05) is 12.1 Å². The van der Waals surface area contributed by atoms with Crippen LogP contribution in [0.3, 0.4) is 0 Å². The number of benzene rings is 2. The van der Waals surface area contributed by atoms with Crippen molar-refractivity contribution in [2.45, 2.75) is 0 Å². The molecule has 0 saturated carbocycles. The van der Waals surface area contributed by atoms with Crippen molar-refractivity contribution in [3.63, 3.8) is 0 Å². The second-order valence-electron chi connectivity index (χ2n) is 3.75. The van der Waals surface area contributed by atoms with Crippen LogP contribution in [0.2, 0.25) is 0 Å². The molecule has 0 fully saturated rings. The minimum atomic E-state index is -1.33. The molecule has 4 nitrogen and oxygen atoms in total. The maximum absolute atomic E-state index is 11.0. The first-order valence-corrected chi connectivity index (χ1v) is 5.23. The van der Waals surface area contributed by atoms with Crippen molar-refractivity contribution in [3.05, 3.63) is 53.6 Å². The first-order valence-electron chi connectivity index (χ1n) is 5.23. The van der Waals surface area contributed by atoms with Crippen LogP contribution in [0, 0.1) is 0 Å². The number of rotatable bonds is 3. The summed E-state index contributed by atoms with van der Waals surface area (Å²) in [7, 11) is 0. The fraction of sp³-hybridized carbons (Fsp3) is 0. The van der Waals surface area contributed by atoms with E-state index in [0.717, 1.165) is 16.8 Å². The van der Waals surface area contributed by atoms with E-state index in [9.17, 15) is 14.7 Å². The Morgan fingerprint density at radius 3 is 2.28 bits per heavy atom. The third-order valence-electron chi connectivity index (χ3n) is 2.54. The summed E-state index contributed by atoms with van der Waals surface area (Å²) in [5.41, 5.74) is 0.294. The normalized spacial score (nSPS) is 10.9. The predicted molar refractivity (Wildman–Crippen MR) is 64.9 cm³/mol. The lowest BCUT2D eigenvalue weighted by atomic mass is 10.0. The Morgan fingerprint density at radius 2 is 1.72 bits per heavy atom. The van der Waals surface area contributed by atoms with Gasteiger partial charge in [0.25, 0.3) is 0 Å². The summed E-state index contributed by atoms with van der Waals surface area (Å²) < 4.78 is 0. The zero-order valence-corrected chi connectivity index (χ0v) is 9.29. The van der Waals surface area contributed by atoms with Crippen molar-refractivity contribution in [2.75, 3.05) is 0 Å². The SMILES string of the molecule is O=C(O)/C=C\c1cc2ccccc2cc1C(=O)[O-]. The highest BCUT2D eigenvalue weighted by Crippen LogP contribution is 2.21. The Balaban J connectivity index is 2.65. The van der Waals surface area contributed by atoms with Gasteiger partial charge in [0.15, 0.2) is 0 Å². The topological polar surface area (TPSA) is 77.4 Å². The molecule has 0 heterocycles. The number of aliphatic carboxylic acids is 1. The predicted octanol–water partition coefficient (Wildman–Crippen LogP) is 1.30. The molecule has 0 aliphatic carbocycles. The van der Waals surface area contributed by atoms with E-state index >= 15 is 0 Å². The van der Waals surface area contributed by atoms with Crippen molar-refractivity contribution >= 4 is 28.8 Å². The smallest absolute Gasteiger partial charge is 0.328 e. The van der Waals surface area contributed by atoms with Crippen LogP contribution in [-0.4, -0.2) is 17.0 Å². The summed E-state index contributed by atoms with van der Waals surface area (Å²) in [5.74, 6) is -2.46. The van der Waals surface area contributed by atoms with Crippen LogP contribution in [-0.2, 0) is 4.79 Å². The summed E-state index contributed by atoms with van der Waals surface area (Å²) >= 11 is 0. The lowest BCUT2D eigenvalue weighted by molar-refractivity contribution is -0.255. The largest absolute Gasteiger partial charge is 0.545 e. The van der Waals surface area contributed by atoms with Crippen molar-refractivity contribution in [2.24, 2.45) is 0 Å². The quantitative estimate of drug-likeness (QED) is 0.821. The summed E-state index contributed by atoms with van der Waals surface area (Å²) in [6.45, 7) is 0. The van der Waals surface area contributed by atoms with Crippen LogP contribution in [0.1, 0.15) is 15.9 Å². The molecule has 0 spiro atoms. The number of carbonyl (C=O) groups is 2. The van der Waals surface area contributed by atoms with E-state index < -0.39 is 11.9 Å². The Morgan fingerprint density at radius 1 is 1.11 bits per heavy atom. The number of carboxylic acid groups (broad SMARTS) is 2. The molecule has 2 rings (SSSR count). The number of hydrogen-bond acceptors (Lipinski definition) is 3. The molecule has 4 heteroatoms. The van der Waals surface area contributed by atoms with Crippen LogP contribution >= 0.6 is 0 Å². The van der Waals surface area contributed by atoms with Crippen molar-refractivity contribution in [1.29, 1.82) is 0 Å². The van der Waals surface area contributed by atoms with Gasteiger partial charge >= 0.3 is 5.97 Å². The minimum absolute atomic E-state index is 0.0220. The Labute approximate surface area is 103 Å². The highest BCUT2D eigenvalue weighted by Gasteiger charge is 2.04. The van der Waals surface area contributed by atoms with E-state index in [2.05, 4.69) is 0 Å². The number of hydrogen-bond donors (Lipinski definition) is 1. The van der Waals surface area contributed by atoms with Crippen LogP contribution in [0.15, 0.2) is 42.5 Å². The molecule has 0 atom stereocenters. The molecule has 0 aliphatic rings. The Bertz CT molecular complexity index is 656. The van der Waals surface area contributed by atoms with Gasteiger partial charge in [-0.3, -0.25) is 0 Å². The zero-order chi connectivity index (χ0) is 13.1. The number of carbonyl (C=O) groups excluding carboxylic acids is 1. The summed E-state index contributed by atoms with van der Waals surface area (Å²) in [5, 5.41) is 21.2. The van der Waals surface area contributed by atoms with Crippen LogP contribution < -0.4 is 5.11 Å². The lowest BCUT2D eigenvalue weighted by Crippen LogP contribution is -2.23. The second kappa shape index (κ2) is 4.71. The molecule has 1 N–H and O–H groups in total. The van der Waals surface area contributed by atoms with Gasteiger partial charge in [0.2, 0.25) is 0 Å². The van der Waals surface area contributed by atoms with Gasteiger partial charge in [0, 0.05) is 11.6 Å². The number of fused-ring (bicyclic) bond motifs is 1. The first-order chi connectivity index (χ1) is 8.58. The number of aromatic carboxylic acids is 1. The molecule has 18 heavy (non-hydrogen) atoms. The standard InChI is InChI=1S/C14H10O4/c15-13(16)6-5-11-7-9-3-1-2-4-10(9)8-12(11)14(17)18/h1-8H,(H,15,16)(H,17,18)/p-1/b6-5-. The average Bonchev–Trinajstić information content (AvgIpc) is 2.35. The molecule has 0 saturated heterocycles.